The minimum atomic E-state index is -0.339. The number of aliphatic hydroxyl groups is 1. The largest absolute Gasteiger partial charge is 0.391 e. The Labute approximate surface area is 114 Å². The maximum absolute atomic E-state index is 10.3. The lowest BCUT2D eigenvalue weighted by atomic mass is 9.85. The van der Waals surface area contributed by atoms with Gasteiger partial charge in [0.05, 0.1) is 12.1 Å². The van der Waals surface area contributed by atoms with E-state index in [2.05, 4.69) is 23.1 Å². The fraction of sp³-hybridized carbons (Fsp3) is 0.600. The van der Waals surface area contributed by atoms with Crippen LogP contribution >= 0.6 is 0 Å². The molecule has 0 saturated heterocycles. The summed E-state index contributed by atoms with van der Waals surface area (Å²) in [7, 11) is 5.27. The third-order valence-corrected chi connectivity index (χ3v) is 3.89. The molecule has 4 nitrogen and oxygen atoms in total. The summed E-state index contributed by atoms with van der Waals surface area (Å²) >= 11 is 0. The van der Waals surface area contributed by atoms with Crippen molar-refractivity contribution in [1.29, 1.82) is 0 Å². The number of likely N-dealkylation sites (N-methyl/N-ethyl adjacent to an activating group) is 1. The number of benzene rings is 1. The maximum atomic E-state index is 10.3. The molecule has 1 aromatic rings. The Hall–Kier alpha value is -0.940. The highest BCUT2D eigenvalue weighted by Gasteiger charge is 2.31. The molecule has 1 aliphatic carbocycles. The van der Waals surface area contributed by atoms with Gasteiger partial charge >= 0.3 is 0 Å². The summed E-state index contributed by atoms with van der Waals surface area (Å²) in [6.45, 7) is 0.628. The predicted molar refractivity (Wildman–Crippen MR) is 73.9 cm³/mol. The number of fused-ring (bicyclic) bond motifs is 1. The summed E-state index contributed by atoms with van der Waals surface area (Å²) in [5.74, 6) is 0. The van der Waals surface area contributed by atoms with E-state index in [4.69, 9.17) is 9.47 Å². The van der Waals surface area contributed by atoms with Crippen LogP contribution in [0.15, 0.2) is 24.3 Å². The number of aryl methyl sites for hydroxylation is 1. The number of hydrogen-bond acceptors (Lipinski definition) is 4. The highest BCUT2D eigenvalue weighted by Crippen LogP contribution is 2.33. The molecule has 106 valence electrons. The van der Waals surface area contributed by atoms with Gasteiger partial charge in [0.25, 0.3) is 0 Å². The standard InChI is InChI=1S/C15H23NO3/c1-16(10-14(18-2)19-3)15-12-7-5-4-6-11(12)8-9-13(15)17/h4-7,13-15,17H,8-10H2,1-3H3. The molecular weight excluding hydrogens is 242 g/mol. The van der Waals surface area contributed by atoms with E-state index in [1.54, 1.807) is 14.2 Å². The molecule has 19 heavy (non-hydrogen) atoms. The van der Waals surface area contributed by atoms with E-state index in [1.165, 1.54) is 11.1 Å². The van der Waals surface area contributed by atoms with Crippen molar-refractivity contribution in [2.75, 3.05) is 27.8 Å². The average Bonchev–Trinajstić information content (AvgIpc) is 2.44. The van der Waals surface area contributed by atoms with Gasteiger partial charge in [0, 0.05) is 20.8 Å². The number of aliphatic hydroxyl groups excluding tert-OH is 1. The van der Waals surface area contributed by atoms with E-state index in [0.29, 0.717) is 6.54 Å². The molecule has 0 saturated carbocycles. The zero-order chi connectivity index (χ0) is 13.8. The zero-order valence-electron chi connectivity index (χ0n) is 11.9. The van der Waals surface area contributed by atoms with Gasteiger partial charge in [-0.15, -0.1) is 0 Å². The van der Waals surface area contributed by atoms with Crippen LogP contribution in [0.4, 0.5) is 0 Å². The molecule has 0 radical (unpaired) electrons. The van der Waals surface area contributed by atoms with Crippen LogP contribution in [0.1, 0.15) is 23.6 Å². The molecule has 0 bridgehead atoms. The summed E-state index contributed by atoms with van der Waals surface area (Å²) in [5, 5.41) is 10.3. The lowest BCUT2D eigenvalue weighted by Gasteiger charge is -2.37. The maximum Gasteiger partial charge on any atom is 0.169 e. The quantitative estimate of drug-likeness (QED) is 0.821. The van der Waals surface area contributed by atoms with Gasteiger partial charge in [0.1, 0.15) is 0 Å². The Morgan fingerprint density at radius 2 is 2.00 bits per heavy atom. The second kappa shape index (κ2) is 6.48. The van der Waals surface area contributed by atoms with E-state index in [-0.39, 0.29) is 18.4 Å². The van der Waals surface area contributed by atoms with Gasteiger partial charge in [0.2, 0.25) is 0 Å². The molecule has 0 amide bonds. The van der Waals surface area contributed by atoms with Gasteiger partial charge in [-0.1, -0.05) is 24.3 Å². The highest BCUT2D eigenvalue weighted by atomic mass is 16.7. The van der Waals surface area contributed by atoms with Crippen LogP contribution in [-0.2, 0) is 15.9 Å². The molecule has 2 unspecified atom stereocenters. The van der Waals surface area contributed by atoms with Gasteiger partial charge in [-0.2, -0.15) is 0 Å². The van der Waals surface area contributed by atoms with Gasteiger partial charge in [0.15, 0.2) is 6.29 Å². The first-order valence-corrected chi connectivity index (χ1v) is 6.69. The molecule has 1 N–H and O–H groups in total. The number of nitrogens with zero attached hydrogens (tertiary/aromatic N) is 1. The van der Waals surface area contributed by atoms with Gasteiger partial charge in [-0.25, -0.2) is 0 Å². The van der Waals surface area contributed by atoms with Gasteiger partial charge < -0.3 is 14.6 Å². The van der Waals surface area contributed by atoms with E-state index >= 15 is 0 Å². The molecule has 2 atom stereocenters. The molecule has 1 aromatic carbocycles. The Bertz CT molecular complexity index is 406. The third-order valence-electron chi connectivity index (χ3n) is 3.89. The lowest BCUT2D eigenvalue weighted by molar-refractivity contribution is -0.123. The summed E-state index contributed by atoms with van der Waals surface area (Å²) < 4.78 is 10.5. The molecule has 4 heteroatoms. The van der Waals surface area contributed by atoms with Crippen LogP contribution in [-0.4, -0.2) is 50.2 Å². The first-order chi connectivity index (χ1) is 9.17. The van der Waals surface area contributed by atoms with Gasteiger partial charge in [-0.05, 0) is 31.0 Å². The fourth-order valence-electron chi connectivity index (χ4n) is 2.84. The monoisotopic (exact) mass is 265 g/mol. The number of methoxy groups -OCH3 is 2. The molecule has 0 aliphatic heterocycles. The topological polar surface area (TPSA) is 41.9 Å². The fourth-order valence-corrected chi connectivity index (χ4v) is 2.84. The molecule has 0 aromatic heterocycles. The van der Waals surface area contributed by atoms with E-state index in [9.17, 15) is 5.11 Å². The predicted octanol–water partition coefficient (Wildman–Crippen LogP) is 1.59. The van der Waals surface area contributed by atoms with Gasteiger partial charge in [-0.3, -0.25) is 4.90 Å². The van der Waals surface area contributed by atoms with Crippen molar-refractivity contribution < 1.29 is 14.6 Å². The number of ether oxygens (including phenoxy) is 2. The number of rotatable bonds is 5. The van der Waals surface area contributed by atoms with Crippen molar-refractivity contribution in [3.8, 4) is 0 Å². The minimum absolute atomic E-state index is 0.0118. The Balaban J connectivity index is 2.18. The van der Waals surface area contributed by atoms with Crippen molar-refractivity contribution in [2.24, 2.45) is 0 Å². The molecule has 0 heterocycles. The van der Waals surface area contributed by atoms with E-state index in [0.717, 1.165) is 12.8 Å². The average molecular weight is 265 g/mol. The van der Waals surface area contributed by atoms with Crippen LogP contribution in [0, 0.1) is 0 Å². The first-order valence-electron chi connectivity index (χ1n) is 6.69. The third kappa shape index (κ3) is 3.15. The van der Waals surface area contributed by atoms with Crippen molar-refractivity contribution in [3.63, 3.8) is 0 Å². The summed E-state index contributed by atoms with van der Waals surface area (Å²) in [6.07, 6.45) is 1.14. The van der Waals surface area contributed by atoms with Crippen molar-refractivity contribution in [1.82, 2.24) is 4.90 Å². The van der Waals surface area contributed by atoms with Crippen LogP contribution in [0.2, 0.25) is 0 Å². The second-order valence-electron chi connectivity index (χ2n) is 5.09. The highest BCUT2D eigenvalue weighted by molar-refractivity contribution is 5.33. The molecule has 0 fully saturated rings. The Morgan fingerprint density at radius 3 is 2.68 bits per heavy atom. The number of hydrogen-bond donors (Lipinski definition) is 1. The summed E-state index contributed by atoms with van der Waals surface area (Å²) in [4.78, 5) is 2.11. The van der Waals surface area contributed by atoms with Crippen molar-refractivity contribution in [3.05, 3.63) is 35.4 Å². The van der Waals surface area contributed by atoms with Crippen LogP contribution in [0.3, 0.4) is 0 Å². The summed E-state index contributed by atoms with van der Waals surface area (Å²) in [6, 6.07) is 8.35. The molecule has 2 rings (SSSR count). The van der Waals surface area contributed by atoms with Crippen LogP contribution in [0.25, 0.3) is 0 Å². The Morgan fingerprint density at radius 1 is 1.32 bits per heavy atom. The summed E-state index contributed by atoms with van der Waals surface area (Å²) in [5.41, 5.74) is 2.55. The Kier molecular flexibility index (Phi) is 4.93. The van der Waals surface area contributed by atoms with Crippen LogP contribution < -0.4 is 0 Å². The van der Waals surface area contributed by atoms with Crippen molar-refractivity contribution in [2.45, 2.75) is 31.3 Å². The van der Waals surface area contributed by atoms with E-state index < -0.39 is 0 Å². The van der Waals surface area contributed by atoms with Crippen molar-refractivity contribution >= 4 is 0 Å². The molecular formula is C15H23NO3. The molecule has 0 spiro atoms. The SMILES string of the molecule is COC(CN(C)C1c2ccccc2CCC1O)OC. The minimum Gasteiger partial charge on any atom is -0.391 e. The normalized spacial score (nSPS) is 22.8. The first kappa shape index (κ1) is 14.5. The second-order valence-corrected chi connectivity index (χ2v) is 5.09. The van der Waals surface area contributed by atoms with Crippen LogP contribution in [0.5, 0.6) is 0 Å². The zero-order valence-corrected chi connectivity index (χ0v) is 11.9. The molecule has 1 aliphatic rings. The smallest absolute Gasteiger partial charge is 0.169 e. The lowest BCUT2D eigenvalue weighted by Crippen LogP contribution is -2.41. The van der Waals surface area contributed by atoms with E-state index in [1.807, 2.05) is 13.1 Å².